The molecular formula is C21H27NO3. The van der Waals surface area contributed by atoms with E-state index in [4.69, 9.17) is 9.47 Å². The fourth-order valence-electron chi connectivity index (χ4n) is 2.59. The predicted molar refractivity (Wildman–Crippen MR) is 101 cm³/mol. The van der Waals surface area contributed by atoms with E-state index in [1.54, 1.807) is 0 Å². The molecule has 0 aliphatic heterocycles. The molecule has 2 aromatic carbocycles. The number of anilines is 1. The fourth-order valence-corrected chi connectivity index (χ4v) is 2.59. The van der Waals surface area contributed by atoms with Crippen molar-refractivity contribution >= 4 is 11.6 Å². The Balaban J connectivity index is 2.23. The quantitative estimate of drug-likeness (QED) is 0.744. The molecule has 2 rings (SSSR count). The van der Waals surface area contributed by atoms with Crippen LogP contribution < -0.4 is 14.8 Å². The summed E-state index contributed by atoms with van der Waals surface area (Å²) in [6.07, 6.45) is 1.42. The molecule has 2 aromatic rings. The summed E-state index contributed by atoms with van der Waals surface area (Å²) in [7, 11) is 0. The number of carbonyl (C=O) groups is 1. The Hall–Kier alpha value is -2.49. The van der Waals surface area contributed by atoms with Crippen molar-refractivity contribution in [3.8, 4) is 11.5 Å². The molecule has 4 heteroatoms. The molecule has 4 nitrogen and oxygen atoms in total. The van der Waals surface area contributed by atoms with Crippen molar-refractivity contribution in [2.24, 2.45) is 0 Å². The third-order valence-corrected chi connectivity index (χ3v) is 4.03. The molecule has 0 bridgehead atoms. The number of aryl methyl sites for hydroxylation is 2. The predicted octanol–water partition coefficient (Wildman–Crippen LogP) is 4.88. The maximum Gasteiger partial charge on any atom is 0.224 e. The number of hydrogen-bond donors (Lipinski definition) is 1. The summed E-state index contributed by atoms with van der Waals surface area (Å²) < 4.78 is 11.7. The first kappa shape index (κ1) is 18.8. The number of benzene rings is 2. The largest absolute Gasteiger partial charge is 0.492 e. The van der Waals surface area contributed by atoms with Crippen molar-refractivity contribution in [1.29, 1.82) is 0 Å². The van der Waals surface area contributed by atoms with E-state index in [1.807, 2.05) is 45.0 Å². The summed E-state index contributed by atoms with van der Waals surface area (Å²) in [6, 6.07) is 12.0. The Morgan fingerprint density at radius 2 is 1.84 bits per heavy atom. The van der Waals surface area contributed by atoms with Crippen molar-refractivity contribution in [3.63, 3.8) is 0 Å². The number of carbonyl (C=O) groups excluding carboxylic acids is 1. The molecule has 0 spiro atoms. The van der Waals surface area contributed by atoms with E-state index >= 15 is 0 Å². The van der Waals surface area contributed by atoms with Crippen LogP contribution in [-0.2, 0) is 17.8 Å². The number of ether oxygens (including phenoxy) is 2. The van der Waals surface area contributed by atoms with Gasteiger partial charge in [-0.15, -0.1) is 0 Å². The molecule has 0 aliphatic carbocycles. The lowest BCUT2D eigenvalue weighted by atomic mass is 10.1. The van der Waals surface area contributed by atoms with Crippen molar-refractivity contribution in [2.75, 3.05) is 11.9 Å². The molecule has 0 saturated carbocycles. The Labute approximate surface area is 150 Å². The molecule has 0 saturated heterocycles. The van der Waals surface area contributed by atoms with Crippen LogP contribution in [0.5, 0.6) is 11.5 Å². The molecule has 0 aromatic heterocycles. The summed E-state index contributed by atoms with van der Waals surface area (Å²) in [6.45, 7) is 8.84. The van der Waals surface area contributed by atoms with Gasteiger partial charge in [0.05, 0.1) is 12.3 Å². The molecule has 1 amide bonds. The van der Waals surface area contributed by atoms with Crippen LogP contribution in [0.1, 0.15) is 43.9 Å². The second kappa shape index (κ2) is 9.11. The highest BCUT2D eigenvalue weighted by molar-refractivity contribution is 5.93. The molecule has 0 radical (unpaired) electrons. The van der Waals surface area contributed by atoms with Crippen molar-refractivity contribution in [2.45, 2.75) is 47.1 Å². The van der Waals surface area contributed by atoms with Crippen LogP contribution in [0.3, 0.4) is 0 Å². The first-order valence-corrected chi connectivity index (χ1v) is 8.85. The molecule has 1 N–H and O–H groups in total. The van der Waals surface area contributed by atoms with Gasteiger partial charge < -0.3 is 14.8 Å². The minimum absolute atomic E-state index is 0.0446. The SMILES string of the molecule is CCOc1cccc(COc2ccc(CC)cc2C)c1NC(=O)CC. The van der Waals surface area contributed by atoms with E-state index in [1.165, 1.54) is 5.56 Å². The van der Waals surface area contributed by atoms with Crippen molar-refractivity contribution in [3.05, 3.63) is 53.1 Å². The van der Waals surface area contributed by atoms with E-state index in [2.05, 4.69) is 24.4 Å². The fraction of sp³-hybridized carbons (Fsp3) is 0.381. The Bertz CT molecular complexity index is 725. The molecule has 0 fully saturated rings. The monoisotopic (exact) mass is 341 g/mol. The van der Waals surface area contributed by atoms with Gasteiger partial charge in [-0.05, 0) is 43.5 Å². The molecule has 0 unspecified atom stereocenters. The summed E-state index contributed by atoms with van der Waals surface area (Å²) in [5.74, 6) is 1.48. The third-order valence-electron chi connectivity index (χ3n) is 4.03. The third kappa shape index (κ3) is 4.99. The second-order valence-electron chi connectivity index (χ2n) is 5.87. The first-order chi connectivity index (χ1) is 12.1. The normalized spacial score (nSPS) is 10.4. The van der Waals surface area contributed by atoms with Crippen molar-refractivity contribution < 1.29 is 14.3 Å². The Kier molecular flexibility index (Phi) is 6.87. The minimum atomic E-state index is -0.0446. The number of para-hydroxylation sites is 1. The zero-order valence-electron chi connectivity index (χ0n) is 15.5. The van der Waals surface area contributed by atoms with E-state index in [0.29, 0.717) is 31.1 Å². The Morgan fingerprint density at radius 1 is 1.04 bits per heavy atom. The summed E-state index contributed by atoms with van der Waals surface area (Å²) in [4.78, 5) is 11.9. The van der Waals surface area contributed by atoms with Gasteiger partial charge in [-0.1, -0.05) is 38.1 Å². The zero-order valence-corrected chi connectivity index (χ0v) is 15.5. The van der Waals surface area contributed by atoms with Gasteiger partial charge in [0.15, 0.2) is 0 Å². The maximum absolute atomic E-state index is 11.9. The Morgan fingerprint density at radius 3 is 2.48 bits per heavy atom. The number of amides is 1. The number of rotatable bonds is 8. The van der Waals surface area contributed by atoms with E-state index in [0.717, 1.165) is 23.3 Å². The molecule has 0 heterocycles. The van der Waals surface area contributed by atoms with Crippen LogP contribution in [0.4, 0.5) is 5.69 Å². The van der Waals surface area contributed by atoms with Gasteiger partial charge in [0.2, 0.25) is 5.91 Å². The van der Waals surface area contributed by atoms with Gasteiger partial charge in [-0.3, -0.25) is 4.79 Å². The van der Waals surface area contributed by atoms with E-state index in [9.17, 15) is 4.79 Å². The van der Waals surface area contributed by atoms with Crippen LogP contribution in [-0.4, -0.2) is 12.5 Å². The summed E-state index contributed by atoms with van der Waals surface area (Å²) >= 11 is 0. The number of nitrogens with one attached hydrogen (secondary N) is 1. The highest BCUT2D eigenvalue weighted by Gasteiger charge is 2.13. The van der Waals surface area contributed by atoms with Crippen LogP contribution in [0.2, 0.25) is 0 Å². The lowest BCUT2D eigenvalue weighted by Gasteiger charge is -2.17. The molecule has 0 atom stereocenters. The average molecular weight is 341 g/mol. The minimum Gasteiger partial charge on any atom is -0.492 e. The topological polar surface area (TPSA) is 47.6 Å². The van der Waals surface area contributed by atoms with Gasteiger partial charge in [0, 0.05) is 12.0 Å². The first-order valence-electron chi connectivity index (χ1n) is 8.85. The average Bonchev–Trinajstić information content (AvgIpc) is 2.62. The standard InChI is InChI=1S/C21H27NO3/c1-5-16-11-12-18(15(4)13-16)25-14-17-9-8-10-19(24-7-3)21(17)22-20(23)6-2/h8-13H,5-7,14H2,1-4H3,(H,22,23). The molecule has 134 valence electrons. The van der Waals surface area contributed by atoms with E-state index < -0.39 is 0 Å². The molecular weight excluding hydrogens is 314 g/mol. The summed E-state index contributed by atoms with van der Waals surface area (Å²) in [5.41, 5.74) is 3.99. The highest BCUT2D eigenvalue weighted by atomic mass is 16.5. The maximum atomic E-state index is 11.9. The van der Waals surface area contributed by atoms with Crippen LogP contribution in [0, 0.1) is 6.92 Å². The van der Waals surface area contributed by atoms with Crippen LogP contribution >= 0.6 is 0 Å². The van der Waals surface area contributed by atoms with Gasteiger partial charge in [0.25, 0.3) is 0 Å². The van der Waals surface area contributed by atoms with Crippen molar-refractivity contribution in [1.82, 2.24) is 0 Å². The highest BCUT2D eigenvalue weighted by Crippen LogP contribution is 2.30. The van der Waals surface area contributed by atoms with Crippen LogP contribution in [0.25, 0.3) is 0 Å². The zero-order chi connectivity index (χ0) is 18.2. The van der Waals surface area contributed by atoms with Crippen LogP contribution in [0.15, 0.2) is 36.4 Å². The summed E-state index contributed by atoms with van der Waals surface area (Å²) in [5, 5.41) is 2.94. The lowest BCUT2D eigenvalue weighted by molar-refractivity contribution is -0.115. The van der Waals surface area contributed by atoms with E-state index in [-0.39, 0.29) is 5.91 Å². The van der Waals surface area contributed by atoms with Gasteiger partial charge in [0.1, 0.15) is 18.1 Å². The van der Waals surface area contributed by atoms with Gasteiger partial charge in [-0.25, -0.2) is 0 Å². The smallest absolute Gasteiger partial charge is 0.224 e. The molecule has 0 aliphatic rings. The molecule has 25 heavy (non-hydrogen) atoms. The lowest BCUT2D eigenvalue weighted by Crippen LogP contribution is -2.14. The second-order valence-corrected chi connectivity index (χ2v) is 5.87. The van der Waals surface area contributed by atoms with Gasteiger partial charge in [-0.2, -0.15) is 0 Å². The van der Waals surface area contributed by atoms with Gasteiger partial charge >= 0.3 is 0 Å². The number of hydrogen-bond acceptors (Lipinski definition) is 3.